The predicted octanol–water partition coefficient (Wildman–Crippen LogP) is 8.17. The molecule has 0 aromatic carbocycles. The molecule has 0 aromatic rings. The molecule has 0 amide bonds. The quantitative estimate of drug-likeness (QED) is 0.0160. The maximum atomic E-state index is 12.9. The average Bonchev–Trinajstić information content (AvgIpc) is 3.18. The van der Waals surface area contributed by atoms with Gasteiger partial charge in [0.15, 0.2) is 6.10 Å². The van der Waals surface area contributed by atoms with Crippen molar-refractivity contribution in [2.75, 3.05) is 13.2 Å². The summed E-state index contributed by atoms with van der Waals surface area (Å²) in [7, 11) is -10.6. The average molecular weight is 925 g/mol. The van der Waals surface area contributed by atoms with Crippen molar-refractivity contribution in [3.63, 3.8) is 0 Å². The SMILES string of the molecule is CCCCCCCCCCCCCCCC(=O)OC[C@H](COP(=O)(O)O[C@H]1[C@@H](O)[C@@H](OP(=O)(O)O)[C@H](O)[C@@H](O)[C@@H]1O)OC(=O)CCCCCCCCCCCCCCC.N.N. The Hall–Kier alpha value is -1.08. The lowest BCUT2D eigenvalue weighted by Gasteiger charge is -2.43. The van der Waals surface area contributed by atoms with Crippen LogP contribution in [-0.2, 0) is 41.8 Å². The summed E-state index contributed by atoms with van der Waals surface area (Å²) in [6.45, 7) is 3.11. The highest BCUT2D eigenvalue weighted by atomic mass is 31.2. The molecule has 0 heterocycles. The molecule has 8 atom stereocenters. The van der Waals surface area contributed by atoms with Crippen molar-refractivity contribution in [1.29, 1.82) is 0 Å². The molecule has 13 N–H and O–H groups in total. The molecule has 0 radical (unpaired) electrons. The number of hydrogen-bond acceptors (Lipinski definition) is 15. The summed E-state index contributed by atoms with van der Waals surface area (Å²) in [4.78, 5) is 54.1. The van der Waals surface area contributed by atoms with Gasteiger partial charge in [-0.05, 0) is 12.8 Å². The Bertz CT molecular complexity index is 1180. The summed E-state index contributed by atoms with van der Waals surface area (Å²) in [5.41, 5.74) is 0. The molecule has 0 spiro atoms. The molecule has 0 aromatic heterocycles. The van der Waals surface area contributed by atoms with E-state index in [1.807, 2.05) is 0 Å². The standard InChI is InChI=1S/C41H80O16P2.2H3N/c1-3-5-7-9-11-13-15-17-19-21-23-25-27-29-34(42)53-31-33(55-35(43)30-28-26-24-22-20-18-16-14-12-10-8-6-4-2)32-54-59(51,52)57-41-38(46)36(44)37(45)40(39(41)47)56-58(48,49)50;;/h33,36-41,44-47H,3-32H2,1-2H3,(H,51,52)(H2,48,49,50);2*1H3/t33-,36-,37-,38+,39+,40+,41-;;/m1../s1. The van der Waals surface area contributed by atoms with E-state index >= 15 is 0 Å². The van der Waals surface area contributed by atoms with Crippen LogP contribution < -0.4 is 12.3 Å². The number of ether oxygens (including phenoxy) is 2. The lowest BCUT2D eigenvalue weighted by molar-refractivity contribution is -0.216. The topological polar surface area (TPSA) is 326 Å². The highest BCUT2D eigenvalue weighted by Gasteiger charge is 2.54. The van der Waals surface area contributed by atoms with Crippen LogP contribution in [0, 0.1) is 0 Å². The number of aliphatic hydroxyl groups is 4. The lowest BCUT2D eigenvalue weighted by atomic mass is 9.85. The van der Waals surface area contributed by atoms with Crippen molar-refractivity contribution in [3.8, 4) is 0 Å². The van der Waals surface area contributed by atoms with E-state index in [9.17, 15) is 44.0 Å². The summed E-state index contributed by atoms with van der Waals surface area (Å²) in [5.74, 6) is -1.19. The lowest BCUT2D eigenvalue weighted by Crippen LogP contribution is -2.64. The smallest absolute Gasteiger partial charge is 0.462 e. The van der Waals surface area contributed by atoms with Crippen LogP contribution in [0.5, 0.6) is 0 Å². The molecule has 1 rings (SSSR count). The first-order valence-electron chi connectivity index (χ1n) is 22.6. The molecule has 20 heteroatoms. The zero-order chi connectivity index (χ0) is 43.9. The van der Waals surface area contributed by atoms with Gasteiger partial charge in [-0.15, -0.1) is 0 Å². The van der Waals surface area contributed by atoms with Gasteiger partial charge in [0.1, 0.15) is 43.2 Å². The normalized spacial score (nSPS) is 21.8. The fourth-order valence-electron chi connectivity index (χ4n) is 7.14. The van der Waals surface area contributed by atoms with Crippen molar-refractivity contribution in [2.24, 2.45) is 0 Å². The molecule has 366 valence electrons. The zero-order valence-electron chi connectivity index (χ0n) is 37.4. The third kappa shape index (κ3) is 31.4. The van der Waals surface area contributed by atoms with E-state index < -0.39 is 83.5 Å². The molecular weight excluding hydrogens is 838 g/mol. The summed E-state index contributed by atoms with van der Waals surface area (Å²) in [6.07, 6.45) is 15.0. The number of aliphatic hydroxyl groups excluding tert-OH is 4. The first-order valence-corrected chi connectivity index (χ1v) is 25.6. The molecule has 0 saturated heterocycles. The molecule has 1 fully saturated rings. The number of rotatable bonds is 38. The van der Waals surface area contributed by atoms with Gasteiger partial charge in [0.2, 0.25) is 0 Å². The van der Waals surface area contributed by atoms with Crippen molar-refractivity contribution >= 4 is 27.6 Å². The van der Waals surface area contributed by atoms with Gasteiger partial charge in [-0.3, -0.25) is 23.2 Å². The van der Waals surface area contributed by atoms with E-state index in [1.165, 1.54) is 103 Å². The monoisotopic (exact) mass is 925 g/mol. The Labute approximate surface area is 365 Å². The van der Waals surface area contributed by atoms with Crippen LogP contribution in [0.25, 0.3) is 0 Å². The molecular formula is C41H86N2O16P2. The second-order valence-corrected chi connectivity index (χ2v) is 18.7. The Morgan fingerprint density at radius 3 is 1.20 bits per heavy atom. The number of esters is 2. The maximum absolute atomic E-state index is 12.9. The van der Waals surface area contributed by atoms with Gasteiger partial charge in [0, 0.05) is 12.8 Å². The third-order valence-corrected chi connectivity index (χ3v) is 12.2. The van der Waals surface area contributed by atoms with Crippen molar-refractivity contribution in [3.05, 3.63) is 0 Å². The fourth-order valence-corrected chi connectivity index (χ4v) is 8.68. The Kier molecular flexibility index (Phi) is 37.8. The second kappa shape index (κ2) is 37.2. The van der Waals surface area contributed by atoms with Gasteiger partial charge in [-0.2, -0.15) is 0 Å². The maximum Gasteiger partial charge on any atom is 0.472 e. The van der Waals surface area contributed by atoms with Gasteiger partial charge >= 0.3 is 27.6 Å². The van der Waals surface area contributed by atoms with E-state index in [0.717, 1.165) is 51.4 Å². The molecule has 1 saturated carbocycles. The number of phosphoric acid groups is 2. The van der Waals surface area contributed by atoms with Gasteiger partial charge < -0.3 is 56.9 Å². The molecule has 1 aliphatic carbocycles. The van der Waals surface area contributed by atoms with E-state index in [0.29, 0.717) is 12.8 Å². The van der Waals surface area contributed by atoms with Crippen LogP contribution in [0.2, 0.25) is 0 Å². The molecule has 1 unspecified atom stereocenters. The number of unbranched alkanes of at least 4 members (excludes halogenated alkanes) is 24. The summed E-state index contributed by atoms with van der Waals surface area (Å²) < 4.78 is 49.3. The van der Waals surface area contributed by atoms with Gasteiger partial charge in [-0.1, -0.05) is 168 Å². The summed E-state index contributed by atoms with van der Waals surface area (Å²) >= 11 is 0. The largest absolute Gasteiger partial charge is 0.472 e. The molecule has 18 nitrogen and oxygen atoms in total. The summed E-state index contributed by atoms with van der Waals surface area (Å²) in [5, 5.41) is 41.1. The third-order valence-electron chi connectivity index (χ3n) is 10.7. The van der Waals surface area contributed by atoms with E-state index in [2.05, 4.69) is 18.4 Å². The Balaban J connectivity index is 0. The van der Waals surface area contributed by atoms with Crippen molar-refractivity contribution in [2.45, 2.75) is 236 Å². The minimum absolute atomic E-state index is 0. The van der Waals surface area contributed by atoms with E-state index in [1.54, 1.807) is 0 Å². The Morgan fingerprint density at radius 2 is 0.820 bits per heavy atom. The number of phosphoric ester groups is 2. The van der Waals surface area contributed by atoms with E-state index in [4.69, 9.17) is 28.3 Å². The molecule has 1 aliphatic rings. The first kappa shape index (κ1) is 62.0. The predicted molar refractivity (Wildman–Crippen MR) is 233 cm³/mol. The number of carbonyl (C=O) groups is 2. The van der Waals surface area contributed by atoms with Gasteiger partial charge in [0.25, 0.3) is 0 Å². The van der Waals surface area contributed by atoms with Crippen LogP contribution in [0.1, 0.15) is 194 Å². The van der Waals surface area contributed by atoms with Crippen LogP contribution >= 0.6 is 15.6 Å². The summed E-state index contributed by atoms with van der Waals surface area (Å²) in [6, 6.07) is 0. The van der Waals surface area contributed by atoms with Crippen LogP contribution in [0.15, 0.2) is 0 Å². The number of carbonyl (C=O) groups excluding carboxylic acids is 2. The fraction of sp³-hybridized carbons (Fsp3) is 0.951. The zero-order valence-corrected chi connectivity index (χ0v) is 39.2. The van der Waals surface area contributed by atoms with Crippen LogP contribution in [-0.4, -0.2) is 103 Å². The minimum atomic E-state index is -5.35. The highest BCUT2D eigenvalue weighted by molar-refractivity contribution is 7.47. The number of hydrogen-bond donors (Lipinski definition) is 9. The van der Waals surface area contributed by atoms with Crippen molar-refractivity contribution < 1.29 is 76.9 Å². The molecule has 61 heavy (non-hydrogen) atoms. The first-order chi connectivity index (χ1) is 28.1. The molecule has 0 aliphatic heterocycles. The highest BCUT2D eigenvalue weighted by Crippen LogP contribution is 2.49. The minimum Gasteiger partial charge on any atom is -0.462 e. The van der Waals surface area contributed by atoms with E-state index in [-0.39, 0.29) is 25.1 Å². The Morgan fingerprint density at radius 1 is 0.475 bits per heavy atom. The van der Waals surface area contributed by atoms with Crippen molar-refractivity contribution in [1.82, 2.24) is 12.3 Å². The molecule has 0 bridgehead atoms. The van der Waals surface area contributed by atoms with Gasteiger partial charge in [0.05, 0.1) is 6.61 Å². The van der Waals surface area contributed by atoms with Crippen LogP contribution in [0.4, 0.5) is 0 Å². The van der Waals surface area contributed by atoms with Gasteiger partial charge in [-0.25, -0.2) is 9.13 Å². The second-order valence-electron chi connectivity index (χ2n) is 16.1. The van der Waals surface area contributed by atoms with Crippen LogP contribution in [0.3, 0.4) is 0 Å².